The second-order valence-corrected chi connectivity index (χ2v) is 4.18. The minimum absolute atomic E-state index is 0.235. The van der Waals surface area contributed by atoms with Crippen molar-refractivity contribution in [3.8, 4) is 0 Å². The molecule has 0 aliphatic rings. The Kier molecular flexibility index (Phi) is 3.92. The molecule has 2 rings (SSSR count). The Hall–Kier alpha value is -2.51. The molecule has 0 aliphatic carbocycles. The van der Waals surface area contributed by atoms with Crippen molar-refractivity contribution in [2.75, 3.05) is 36.7 Å². The van der Waals surface area contributed by atoms with E-state index in [9.17, 15) is 8.78 Å². The minimum Gasteiger partial charge on any atom is -0.357 e. The first-order chi connectivity index (χ1) is 9.49. The highest BCUT2D eigenvalue weighted by Gasteiger charge is 2.09. The summed E-state index contributed by atoms with van der Waals surface area (Å²) in [7, 11) is 5.25. The van der Waals surface area contributed by atoms with Gasteiger partial charge in [0, 0.05) is 32.9 Å². The third-order valence-corrected chi connectivity index (χ3v) is 2.42. The van der Waals surface area contributed by atoms with Gasteiger partial charge in [-0.25, -0.2) is 8.78 Å². The summed E-state index contributed by atoms with van der Waals surface area (Å²) in [6.45, 7) is 0. The van der Waals surface area contributed by atoms with Crippen molar-refractivity contribution in [3.63, 3.8) is 0 Å². The quantitative estimate of drug-likeness (QED) is 0.893. The van der Waals surface area contributed by atoms with Crippen molar-refractivity contribution in [3.05, 3.63) is 29.8 Å². The lowest BCUT2D eigenvalue weighted by molar-refractivity contribution is 0.509. The Morgan fingerprint density at radius 1 is 1.00 bits per heavy atom. The van der Waals surface area contributed by atoms with Crippen molar-refractivity contribution >= 4 is 23.5 Å². The lowest BCUT2D eigenvalue weighted by atomic mass is 10.3. The van der Waals surface area contributed by atoms with Crippen molar-refractivity contribution in [2.45, 2.75) is 0 Å². The van der Waals surface area contributed by atoms with E-state index in [2.05, 4.69) is 25.6 Å². The molecule has 0 spiro atoms. The second kappa shape index (κ2) is 5.64. The first kappa shape index (κ1) is 13.9. The zero-order valence-electron chi connectivity index (χ0n) is 11.3. The number of benzene rings is 1. The maximum atomic E-state index is 13.1. The lowest BCUT2D eigenvalue weighted by Gasteiger charge is -2.13. The number of rotatable bonds is 4. The average Bonchev–Trinajstić information content (AvgIpc) is 2.42. The normalized spacial score (nSPS) is 10.2. The van der Waals surface area contributed by atoms with Gasteiger partial charge in [-0.15, -0.1) is 0 Å². The molecule has 0 atom stereocenters. The number of nitrogens with zero attached hydrogens (tertiary/aromatic N) is 4. The van der Waals surface area contributed by atoms with Gasteiger partial charge in [0.15, 0.2) is 11.6 Å². The molecule has 0 radical (unpaired) electrons. The van der Waals surface area contributed by atoms with E-state index < -0.39 is 11.6 Å². The number of hydrogen-bond acceptors (Lipinski definition) is 6. The first-order valence-electron chi connectivity index (χ1n) is 5.83. The average molecular weight is 280 g/mol. The van der Waals surface area contributed by atoms with Crippen LogP contribution in [0.25, 0.3) is 0 Å². The van der Waals surface area contributed by atoms with Gasteiger partial charge in [-0.05, 0) is 12.1 Å². The highest BCUT2D eigenvalue weighted by Crippen LogP contribution is 2.18. The topological polar surface area (TPSA) is 66.0 Å². The minimum atomic E-state index is -0.939. The number of hydrogen-bond donors (Lipinski definition) is 2. The molecule has 1 heterocycles. The Morgan fingerprint density at radius 3 is 2.30 bits per heavy atom. The van der Waals surface area contributed by atoms with Crippen LogP contribution in [-0.4, -0.2) is 36.1 Å². The fraction of sp³-hybridized carbons (Fsp3) is 0.250. The van der Waals surface area contributed by atoms with Crippen LogP contribution in [0.3, 0.4) is 0 Å². The van der Waals surface area contributed by atoms with Gasteiger partial charge in [0.2, 0.25) is 17.8 Å². The lowest BCUT2D eigenvalue weighted by Crippen LogP contribution is -2.15. The first-order valence-corrected chi connectivity index (χ1v) is 5.83. The smallest absolute Gasteiger partial charge is 0.233 e. The van der Waals surface area contributed by atoms with Crippen molar-refractivity contribution in [1.29, 1.82) is 0 Å². The maximum Gasteiger partial charge on any atom is 0.233 e. The Bertz CT molecular complexity index is 617. The summed E-state index contributed by atoms with van der Waals surface area (Å²) in [5, 5.41) is 5.61. The van der Waals surface area contributed by atoms with Crippen LogP contribution in [0.4, 0.5) is 32.3 Å². The zero-order chi connectivity index (χ0) is 14.7. The fourth-order valence-electron chi connectivity index (χ4n) is 1.44. The highest BCUT2D eigenvalue weighted by molar-refractivity contribution is 5.55. The highest BCUT2D eigenvalue weighted by atomic mass is 19.2. The van der Waals surface area contributed by atoms with E-state index in [4.69, 9.17) is 0 Å². The molecule has 2 aromatic rings. The van der Waals surface area contributed by atoms with Crippen LogP contribution in [-0.2, 0) is 0 Å². The predicted octanol–water partition coefficient (Wildman–Crippen LogP) is 2.00. The van der Waals surface area contributed by atoms with E-state index in [1.807, 2.05) is 0 Å². The second-order valence-electron chi connectivity index (χ2n) is 4.18. The Labute approximate surface area is 114 Å². The van der Waals surface area contributed by atoms with E-state index >= 15 is 0 Å². The monoisotopic (exact) mass is 280 g/mol. The zero-order valence-corrected chi connectivity index (χ0v) is 11.3. The number of nitrogens with one attached hydrogen (secondary N) is 2. The summed E-state index contributed by atoms with van der Waals surface area (Å²) >= 11 is 0. The van der Waals surface area contributed by atoms with Crippen molar-refractivity contribution in [2.24, 2.45) is 0 Å². The van der Waals surface area contributed by atoms with Crippen molar-refractivity contribution in [1.82, 2.24) is 15.0 Å². The standard InChI is InChI=1S/C12H14F2N6/c1-15-10-17-11(19-12(18-10)20(2)3)16-7-4-5-8(13)9(14)6-7/h4-6H,1-3H3,(H2,15,16,17,18,19). The molecular formula is C12H14F2N6. The third kappa shape index (κ3) is 3.08. The third-order valence-electron chi connectivity index (χ3n) is 2.42. The summed E-state index contributed by atoms with van der Waals surface area (Å²) < 4.78 is 26.0. The summed E-state index contributed by atoms with van der Waals surface area (Å²) in [5.41, 5.74) is 0.349. The summed E-state index contributed by atoms with van der Waals surface area (Å²) in [4.78, 5) is 14.1. The van der Waals surface area contributed by atoms with E-state index in [1.54, 1.807) is 26.0 Å². The molecule has 2 N–H and O–H groups in total. The number of halogens is 2. The molecule has 0 bridgehead atoms. The van der Waals surface area contributed by atoms with Gasteiger partial charge in [0.1, 0.15) is 0 Å². The molecule has 0 aliphatic heterocycles. The maximum absolute atomic E-state index is 13.1. The molecule has 8 heteroatoms. The van der Waals surface area contributed by atoms with Crippen LogP contribution in [0.5, 0.6) is 0 Å². The van der Waals surface area contributed by atoms with Crippen LogP contribution >= 0.6 is 0 Å². The molecule has 0 amide bonds. The molecular weight excluding hydrogens is 266 g/mol. The molecule has 1 aromatic carbocycles. The van der Waals surface area contributed by atoms with Gasteiger partial charge in [-0.2, -0.15) is 15.0 Å². The molecule has 0 saturated heterocycles. The molecule has 0 fully saturated rings. The van der Waals surface area contributed by atoms with E-state index in [1.165, 1.54) is 6.07 Å². The van der Waals surface area contributed by atoms with Gasteiger partial charge in [0.05, 0.1) is 0 Å². The van der Waals surface area contributed by atoms with Gasteiger partial charge in [0.25, 0.3) is 0 Å². The van der Waals surface area contributed by atoms with Crippen molar-refractivity contribution < 1.29 is 8.78 Å². The molecule has 6 nitrogen and oxygen atoms in total. The van der Waals surface area contributed by atoms with Gasteiger partial charge < -0.3 is 15.5 Å². The molecule has 106 valence electrons. The van der Waals surface area contributed by atoms with E-state index in [0.717, 1.165) is 12.1 Å². The van der Waals surface area contributed by atoms with E-state index in [-0.39, 0.29) is 5.95 Å². The number of anilines is 4. The number of aromatic nitrogens is 3. The van der Waals surface area contributed by atoms with Crippen LogP contribution in [0.2, 0.25) is 0 Å². The summed E-state index contributed by atoms with van der Waals surface area (Å²) in [6.07, 6.45) is 0. The SMILES string of the molecule is CNc1nc(Nc2ccc(F)c(F)c2)nc(N(C)C)n1. The molecule has 20 heavy (non-hydrogen) atoms. The van der Waals surface area contributed by atoms with E-state index in [0.29, 0.717) is 17.6 Å². The Balaban J connectivity index is 2.32. The molecule has 0 saturated carbocycles. The largest absolute Gasteiger partial charge is 0.357 e. The van der Waals surface area contributed by atoms with Crippen LogP contribution in [0, 0.1) is 11.6 Å². The summed E-state index contributed by atoms with van der Waals surface area (Å²) in [6, 6.07) is 3.47. The Morgan fingerprint density at radius 2 is 1.70 bits per heavy atom. The molecule has 0 unspecified atom stereocenters. The molecule has 1 aromatic heterocycles. The summed E-state index contributed by atoms with van der Waals surface area (Å²) in [5.74, 6) is -0.802. The van der Waals surface area contributed by atoms with Gasteiger partial charge in [-0.3, -0.25) is 0 Å². The van der Waals surface area contributed by atoms with Crippen LogP contribution < -0.4 is 15.5 Å². The predicted molar refractivity (Wildman–Crippen MR) is 73.3 cm³/mol. The van der Waals surface area contributed by atoms with Crippen LogP contribution in [0.15, 0.2) is 18.2 Å². The van der Waals surface area contributed by atoms with Gasteiger partial charge >= 0.3 is 0 Å². The van der Waals surface area contributed by atoms with Gasteiger partial charge in [-0.1, -0.05) is 0 Å². The fourth-order valence-corrected chi connectivity index (χ4v) is 1.44. The van der Waals surface area contributed by atoms with Crippen LogP contribution in [0.1, 0.15) is 0 Å².